The number of carbonyl (C=O) groups excluding carboxylic acids is 1. The molecule has 0 radical (unpaired) electrons. The first-order chi connectivity index (χ1) is 10.7. The summed E-state index contributed by atoms with van der Waals surface area (Å²) < 4.78 is 4.96. The van der Waals surface area contributed by atoms with Crippen LogP contribution in [0.2, 0.25) is 0 Å². The van der Waals surface area contributed by atoms with E-state index in [-0.39, 0.29) is 19.1 Å². The second-order valence-corrected chi connectivity index (χ2v) is 5.12. The minimum Gasteiger partial charge on any atom is -0.395 e. The van der Waals surface area contributed by atoms with Crippen molar-refractivity contribution in [2.75, 3.05) is 31.6 Å². The second kappa shape index (κ2) is 8.31. The highest BCUT2D eigenvalue weighted by Gasteiger charge is 2.12. The van der Waals surface area contributed by atoms with E-state index in [1.165, 1.54) is 5.56 Å². The fourth-order valence-electron chi connectivity index (χ4n) is 2.15. The highest BCUT2D eigenvalue weighted by atomic mass is 16.5. The molecule has 0 saturated heterocycles. The Bertz CT molecular complexity index is 583. The monoisotopic (exact) mass is 303 g/mol. The number of rotatable bonds is 8. The van der Waals surface area contributed by atoms with Gasteiger partial charge in [-0.05, 0) is 18.9 Å². The Balaban J connectivity index is 1.83. The molecule has 0 aliphatic carbocycles. The van der Waals surface area contributed by atoms with E-state index in [1.54, 1.807) is 13.0 Å². The van der Waals surface area contributed by atoms with Crippen LogP contribution in [0.5, 0.6) is 0 Å². The Morgan fingerprint density at radius 1 is 1.32 bits per heavy atom. The third kappa shape index (κ3) is 5.31. The number of anilines is 1. The van der Waals surface area contributed by atoms with Crippen molar-refractivity contribution >= 4 is 11.8 Å². The Morgan fingerprint density at radius 3 is 2.73 bits per heavy atom. The van der Waals surface area contributed by atoms with Crippen molar-refractivity contribution in [3.8, 4) is 0 Å². The number of aryl methyl sites for hydroxylation is 1. The number of aliphatic hydroxyl groups excluding tert-OH is 1. The summed E-state index contributed by atoms with van der Waals surface area (Å²) >= 11 is 0. The van der Waals surface area contributed by atoms with E-state index in [2.05, 4.69) is 22.6 Å². The Labute approximate surface area is 129 Å². The lowest BCUT2D eigenvalue weighted by Gasteiger charge is -2.20. The minimum atomic E-state index is -0.183. The number of nitrogens with one attached hydrogen (secondary N) is 1. The van der Waals surface area contributed by atoms with E-state index in [0.717, 1.165) is 6.42 Å². The van der Waals surface area contributed by atoms with Crippen LogP contribution >= 0.6 is 0 Å². The summed E-state index contributed by atoms with van der Waals surface area (Å²) in [6.07, 6.45) is 0.829. The molecule has 2 aromatic rings. The topological polar surface area (TPSA) is 78.6 Å². The number of nitrogens with zero attached hydrogens (tertiary/aromatic N) is 2. The average molecular weight is 303 g/mol. The molecule has 22 heavy (non-hydrogen) atoms. The number of amides is 1. The van der Waals surface area contributed by atoms with E-state index >= 15 is 0 Å². The van der Waals surface area contributed by atoms with Gasteiger partial charge in [-0.3, -0.25) is 15.0 Å². The predicted molar refractivity (Wildman–Crippen MR) is 83.5 cm³/mol. The Morgan fingerprint density at radius 2 is 2.09 bits per heavy atom. The molecule has 0 aliphatic heterocycles. The van der Waals surface area contributed by atoms with Gasteiger partial charge < -0.3 is 9.63 Å². The molecule has 0 atom stereocenters. The second-order valence-electron chi connectivity index (χ2n) is 5.12. The smallest absolute Gasteiger partial charge is 0.240 e. The standard InChI is InChI=1S/C16H21N3O3/c1-13-11-16(22-18-13)17-15(21)12-19(9-10-20)8-7-14-5-3-2-4-6-14/h2-6,11,20H,7-10,12H2,1H3,(H,17,21). The van der Waals surface area contributed by atoms with Crippen LogP contribution in [0.15, 0.2) is 40.9 Å². The van der Waals surface area contributed by atoms with Gasteiger partial charge in [-0.2, -0.15) is 0 Å². The predicted octanol–water partition coefficient (Wildman–Crippen LogP) is 1.46. The summed E-state index contributed by atoms with van der Waals surface area (Å²) in [6, 6.07) is 11.7. The summed E-state index contributed by atoms with van der Waals surface area (Å²) in [6.45, 7) is 3.16. The molecule has 2 N–H and O–H groups in total. The molecule has 0 aliphatic rings. The van der Waals surface area contributed by atoms with E-state index < -0.39 is 0 Å². The summed E-state index contributed by atoms with van der Waals surface area (Å²) in [5, 5.41) is 15.5. The van der Waals surface area contributed by atoms with Crippen molar-refractivity contribution in [3.05, 3.63) is 47.7 Å². The number of hydrogen-bond acceptors (Lipinski definition) is 5. The van der Waals surface area contributed by atoms with E-state index in [4.69, 9.17) is 9.63 Å². The third-order valence-electron chi connectivity index (χ3n) is 3.23. The molecular weight excluding hydrogens is 282 g/mol. The molecule has 118 valence electrons. The van der Waals surface area contributed by atoms with Gasteiger partial charge in [0.05, 0.1) is 18.8 Å². The zero-order valence-electron chi connectivity index (χ0n) is 12.7. The number of aromatic nitrogens is 1. The zero-order chi connectivity index (χ0) is 15.8. The van der Waals surface area contributed by atoms with Crippen molar-refractivity contribution in [2.45, 2.75) is 13.3 Å². The minimum absolute atomic E-state index is 0.0173. The number of carbonyl (C=O) groups is 1. The van der Waals surface area contributed by atoms with Gasteiger partial charge in [0.25, 0.3) is 0 Å². The molecule has 1 aromatic heterocycles. The summed E-state index contributed by atoms with van der Waals surface area (Å²) in [4.78, 5) is 13.9. The van der Waals surface area contributed by atoms with Gasteiger partial charge in [0.15, 0.2) is 0 Å². The fraction of sp³-hybridized carbons (Fsp3) is 0.375. The molecule has 6 heteroatoms. The SMILES string of the molecule is Cc1cc(NC(=O)CN(CCO)CCc2ccccc2)on1. The maximum Gasteiger partial charge on any atom is 0.240 e. The van der Waals surface area contributed by atoms with Crippen molar-refractivity contribution in [2.24, 2.45) is 0 Å². The van der Waals surface area contributed by atoms with Crippen molar-refractivity contribution in [1.29, 1.82) is 0 Å². The van der Waals surface area contributed by atoms with Gasteiger partial charge >= 0.3 is 0 Å². The zero-order valence-corrected chi connectivity index (χ0v) is 12.7. The van der Waals surface area contributed by atoms with Crippen molar-refractivity contribution in [1.82, 2.24) is 10.1 Å². The van der Waals surface area contributed by atoms with E-state index in [9.17, 15) is 4.79 Å². The molecule has 6 nitrogen and oxygen atoms in total. The van der Waals surface area contributed by atoms with Crippen LogP contribution in [0.4, 0.5) is 5.88 Å². The molecular formula is C16H21N3O3. The molecule has 0 bridgehead atoms. The molecule has 0 fully saturated rings. The van der Waals surface area contributed by atoms with Gasteiger partial charge in [-0.1, -0.05) is 35.5 Å². The maximum atomic E-state index is 12.0. The molecule has 0 unspecified atom stereocenters. The van der Waals surface area contributed by atoms with E-state index in [1.807, 2.05) is 23.1 Å². The summed E-state index contributed by atoms with van der Waals surface area (Å²) in [7, 11) is 0. The first-order valence-corrected chi connectivity index (χ1v) is 7.27. The molecule has 2 rings (SSSR count). The molecule has 0 spiro atoms. The van der Waals surface area contributed by atoms with Crippen LogP contribution < -0.4 is 5.32 Å². The lowest BCUT2D eigenvalue weighted by molar-refractivity contribution is -0.117. The first-order valence-electron chi connectivity index (χ1n) is 7.27. The molecule has 1 aromatic carbocycles. The number of hydrogen-bond donors (Lipinski definition) is 2. The van der Waals surface area contributed by atoms with Crippen molar-refractivity contribution in [3.63, 3.8) is 0 Å². The average Bonchev–Trinajstić information content (AvgIpc) is 2.91. The highest BCUT2D eigenvalue weighted by Crippen LogP contribution is 2.08. The van der Waals surface area contributed by atoms with Crippen LogP contribution in [0.3, 0.4) is 0 Å². The van der Waals surface area contributed by atoms with Gasteiger partial charge in [-0.15, -0.1) is 0 Å². The largest absolute Gasteiger partial charge is 0.395 e. The summed E-state index contributed by atoms with van der Waals surface area (Å²) in [5.74, 6) is 0.159. The third-order valence-corrected chi connectivity index (χ3v) is 3.23. The molecule has 1 amide bonds. The normalized spacial score (nSPS) is 10.9. The van der Waals surface area contributed by atoms with Gasteiger partial charge in [0, 0.05) is 19.2 Å². The van der Waals surface area contributed by atoms with Crippen molar-refractivity contribution < 1.29 is 14.4 Å². The van der Waals surface area contributed by atoms with Crippen LogP contribution in [0.25, 0.3) is 0 Å². The van der Waals surface area contributed by atoms with Gasteiger partial charge in [0.1, 0.15) is 0 Å². The lowest BCUT2D eigenvalue weighted by Crippen LogP contribution is -2.36. The van der Waals surface area contributed by atoms with Crippen LogP contribution in [0.1, 0.15) is 11.3 Å². The fourth-order valence-corrected chi connectivity index (χ4v) is 2.15. The molecule has 1 heterocycles. The highest BCUT2D eigenvalue weighted by molar-refractivity contribution is 5.90. The molecule has 0 saturated carbocycles. The van der Waals surface area contributed by atoms with E-state index in [0.29, 0.717) is 24.7 Å². The number of benzene rings is 1. The lowest BCUT2D eigenvalue weighted by atomic mass is 10.1. The van der Waals surface area contributed by atoms with Gasteiger partial charge in [0.2, 0.25) is 11.8 Å². The Kier molecular flexibility index (Phi) is 6.12. The quantitative estimate of drug-likeness (QED) is 0.772. The Hall–Kier alpha value is -2.18. The van der Waals surface area contributed by atoms with Gasteiger partial charge in [-0.25, -0.2) is 0 Å². The van der Waals surface area contributed by atoms with Crippen LogP contribution in [0, 0.1) is 6.92 Å². The number of aliphatic hydroxyl groups is 1. The van der Waals surface area contributed by atoms with Crippen LogP contribution in [-0.2, 0) is 11.2 Å². The maximum absolute atomic E-state index is 12.0. The summed E-state index contributed by atoms with van der Waals surface area (Å²) in [5.41, 5.74) is 1.92. The van der Waals surface area contributed by atoms with Crippen LogP contribution in [-0.4, -0.2) is 47.3 Å². The first kappa shape index (κ1) is 16.2.